The van der Waals surface area contributed by atoms with E-state index in [0.717, 1.165) is 30.5 Å². The second kappa shape index (κ2) is 5.52. The predicted octanol–water partition coefficient (Wildman–Crippen LogP) is 4.01. The number of aryl methyl sites for hydroxylation is 1. The van der Waals surface area contributed by atoms with Crippen molar-refractivity contribution in [3.8, 4) is 0 Å². The minimum atomic E-state index is 0.0816. The van der Waals surface area contributed by atoms with Crippen LogP contribution in [0.5, 0.6) is 0 Å². The number of nitrogens with zero attached hydrogens (tertiary/aromatic N) is 1. The summed E-state index contributed by atoms with van der Waals surface area (Å²) >= 11 is 6.18. The van der Waals surface area contributed by atoms with Crippen LogP contribution in [-0.4, -0.2) is 23.9 Å². The van der Waals surface area contributed by atoms with Crippen molar-refractivity contribution in [1.29, 1.82) is 0 Å². The zero-order valence-electron chi connectivity index (χ0n) is 14.3. The summed E-state index contributed by atoms with van der Waals surface area (Å²) in [5.74, 6) is 4.19. The number of amides is 1. The standard InChI is InChI=1S/C20H25ClN2O/c1-4-13-15-7-14(15)11(3)16-8-23(9-17(13)16)20(24)12-5-10(2)19(22)18(21)6-12/h4-6,11,13-17H,1,7-9,22H2,2-3H3. The first-order valence-corrected chi connectivity index (χ1v) is 9.27. The van der Waals surface area contributed by atoms with Crippen LogP contribution in [-0.2, 0) is 0 Å². The summed E-state index contributed by atoms with van der Waals surface area (Å²) < 4.78 is 0. The molecule has 2 N–H and O–H groups in total. The van der Waals surface area contributed by atoms with Crippen molar-refractivity contribution in [2.75, 3.05) is 18.8 Å². The number of hydrogen-bond donors (Lipinski definition) is 1. The van der Waals surface area contributed by atoms with E-state index in [1.807, 2.05) is 17.9 Å². The molecule has 3 aliphatic rings. The lowest BCUT2D eigenvalue weighted by atomic mass is 9.69. The van der Waals surface area contributed by atoms with E-state index in [1.165, 1.54) is 6.42 Å². The van der Waals surface area contributed by atoms with Crippen molar-refractivity contribution in [2.45, 2.75) is 20.3 Å². The Morgan fingerprint density at radius 1 is 1.29 bits per heavy atom. The van der Waals surface area contributed by atoms with Crippen molar-refractivity contribution < 1.29 is 4.79 Å². The Morgan fingerprint density at radius 3 is 2.67 bits per heavy atom. The summed E-state index contributed by atoms with van der Waals surface area (Å²) in [7, 11) is 0. The van der Waals surface area contributed by atoms with Crippen molar-refractivity contribution in [1.82, 2.24) is 4.90 Å². The summed E-state index contributed by atoms with van der Waals surface area (Å²) in [6.07, 6.45) is 3.50. The maximum Gasteiger partial charge on any atom is 0.253 e. The smallest absolute Gasteiger partial charge is 0.253 e. The lowest BCUT2D eigenvalue weighted by molar-refractivity contribution is 0.0780. The van der Waals surface area contributed by atoms with E-state index in [-0.39, 0.29) is 5.91 Å². The fourth-order valence-corrected chi connectivity index (χ4v) is 5.58. The van der Waals surface area contributed by atoms with Crippen LogP contribution in [0.3, 0.4) is 0 Å². The van der Waals surface area contributed by atoms with Gasteiger partial charge in [0.25, 0.3) is 5.91 Å². The highest BCUT2D eigenvalue weighted by Crippen LogP contribution is 2.61. The van der Waals surface area contributed by atoms with Crippen molar-refractivity contribution >= 4 is 23.2 Å². The number of benzene rings is 1. The predicted molar refractivity (Wildman–Crippen MR) is 97.9 cm³/mol. The zero-order chi connectivity index (χ0) is 17.2. The SMILES string of the molecule is C=CC1C2CC2C(C)C2CN(C(=O)c3cc(C)c(N)c(Cl)c3)CC12. The minimum Gasteiger partial charge on any atom is -0.397 e. The monoisotopic (exact) mass is 344 g/mol. The summed E-state index contributed by atoms with van der Waals surface area (Å²) in [4.78, 5) is 15.0. The summed E-state index contributed by atoms with van der Waals surface area (Å²) in [6.45, 7) is 10.0. The highest BCUT2D eigenvalue weighted by atomic mass is 35.5. The van der Waals surface area contributed by atoms with Gasteiger partial charge in [0.2, 0.25) is 0 Å². The lowest BCUT2D eigenvalue weighted by Gasteiger charge is -2.35. The second-order valence-corrected chi connectivity index (χ2v) is 8.37. The molecule has 128 valence electrons. The van der Waals surface area contributed by atoms with Crippen LogP contribution in [0.25, 0.3) is 0 Å². The van der Waals surface area contributed by atoms with Gasteiger partial charge in [-0.25, -0.2) is 0 Å². The van der Waals surface area contributed by atoms with Crippen LogP contribution in [0.15, 0.2) is 24.8 Å². The third kappa shape index (κ3) is 2.28. The van der Waals surface area contributed by atoms with Crippen molar-refractivity contribution in [3.05, 3.63) is 40.9 Å². The van der Waals surface area contributed by atoms with E-state index in [1.54, 1.807) is 6.07 Å². The Kier molecular flexibility index (Phi) is 3.68. The molecule has 0 spiro atoms. The lowest BCUT2D eigenvalue weighted by Crippen LogP contribution is -2.33. The number of halogens is 1. The molecule has 24 heavy (non-hydrogen) atoms. The number of hydrogen-bond acceptors (Lipinski definition) is 2. The summed E-state index contributed by atoms with van der Waals surface area (Å²) in [5.41, 5.74) is 7.98. The van der Waals surface area contributed by atoms with Crippen LogP contribution in [0.1, 0.15) is 29.3 Å². The molecule has 6 atom stereocenters. The molecule has 3 nitrogen and oxygen atoms in total. The highest BCUT2D eigenvalue weighted by molar-refractivity contribution is 6.33. The third-order valence-corrected chi connectivity index (χ3v) is 7.10. The molecule has 0 bridgehead atoms. The molecule has 3 fully saturated rings. The molecule has 6 unspecified atom stereocenters. The molecule has 1 heterocycles. The summed E-state index contributed by atoms with van der Waals surface area (Å²) in [6, 6.07) is 3.57. The molecule has 2 aliphatic carbocycles. The molecular formula is C20H25ClN2O. The number of allylic oxidation sites excluding steroid dienone is 1. The van der Waals surface area contributed by atoms with Crippen molar-refractivity contribution in [2.24, 2.45) is 35.5 Å². The van der Waals surface area contributed by atoms with Gasteiger partial charge in [0.15, 0.2) is 0 Å². The van der Waals surface area contributed by atoms with Gasteiger partial charge in [-0.05, 0) is 66.5 Å². The maximum absolute atomic E-state index is 13.0. The van der Waals surface area contributed by atoms with Crippen LogP contribution >= 0.6 is 11.6 Å². The Labute approximate surface area is 148 Å². The zero-order valence-corrected chi connectivity index (χ0v) is 15.1. The average Bonchev–Trinajstić information content (AvgIpc) is 3.22. The Hall–Kier alpha value is -1.48. The van der Waals surface area contributed by atoms with Crippen LogP contribution in [0.4, 0.5) is 5.69 Å². The average molecular weight is 345 g/mol. The van der Waals surface area contributed by atoms with Gasteiger partial charge in [-0.1, -0.05) is 24.6 Å². The fraction of sp³-hybridized carbons (Fsp3) is 0.550. The maximum atomic E-state index is 13.0. The number of nitrogen functional groups attached to an aromatic ring is 1. The molecule has 2 saturated carbocycles. The van der Waals surface area contributed by atoms with Gasteiger partial charge >= 0.3 is 0 Å². The number of carbonyl (C=O) groups is 1. The number of fused-ring (bicyclic) bond motifs is 2. The van der Waals surface area contributed by atoms with Crippen LogP contribution in [0, 0.1) is 42.4 Å². The molecule has 1 amide bonds. The van der Waals surface area contributed by atoms with Gasteiger partial charge in [0, 0.05) is 18.7 Å². The normalized spacial score (nSPS) is 36.9. The topological polar surface area (TPSA) is 46.3 Å². The van der Waals surface area contributed by atoms with E-state index in [2.05, 4.69) is 19.6 Å². The quantitative estimate of drug-likeness (QED) is 0.651. The first kappa shape index (κ1) is 16.0. The van der Waals surface area contributed by atoms with Crippen LogP contribution < -0.4 is 5.73 Å². The molecule has 0 radical (unpaired) electrons. The van der Waals surface area contributed by atoms with Gasteiger partial charge in [0.05, 0.1) is 10.7 Å². The molecule has 4 heteroatoms. The van der Waals surface area contributed by atoms with Crippen molar-refractivity contribution in [3.63, 3.8) is 0 Å². The second-order valence-electron chi connectivity index (χ2n) is 7.96. The van der Waals surface area contributed by atoms with Crippen LogP contribution in [0.2, 0.25) is 5.02 Å². The molecule has 1 aliphatic heterocycles. The number of carbonyl (C=O) groups excluding carboxylic acids is 1. The van der Waals surface area contributed by atoms with E-state index < -0.39 is 0 Å². The molecule has 1 saturated heterocycles. The van der Waals surface area contributed by atoms with Gasteiger partial charge in [-0.15, -0.1) is 6.58 Å². The number of anilines is 1. The van der Waals surface area contributed by atoms with Gasteiger partial charge < -0.3 is 10.6 Å². The largest absolute Gasteiger partial charge is 0.397 e. The fourth-order valence-electron chi connectivity index (χ4n) is 5.31. The third-order valence-electron chi connectivity index (χ3n) is 6.79. The molecular weight excluding hydrogens is 320 g/mol. The molecule has 1 aromatic carbocycles. The number of rotatable bonds is 2. The Bertz CT molecular complexity index is 693. The minimum absolute atomic E-state index is 0.0816. The molecule has 1 aromatic rings. The summed E-state index contributed by atoms with van der Waals surface area (Å²) in [5, 5.41) is 0.466. The van der Waals surface area contributed by atoms with E-state index >= 15 is 0 Å². The Morgan fingerprint density at radius 2 is 2.00 bits per heavy atom. The Balaban J connectivity index is 1.58. The number of nitrogens with two attached hydrogens (primary N) is 1. The highest BCUT2D eigenvalue weighted by Gasteiger charge is 2.58. The first-order valence-electron chi connectivity index (χ1n) is 8.89. The van der Waals surface area contributed by atoms with Gasteiger partial charge in [-0.2, -0.15) is 0 Å². The van der Waals surface area contributed by atoms with E-state index in [4.69, 9.17) is 17.3 Å². The molecule has 4 rings (SSSR count). The number of likely N-dealkylation sites (tertiary alicyclic amines) is 1. The van der Waals surface area contributed by atoms with E-state index in [9.17, 15) is 4.79 Å². The molecule has 0 aromatic heterocycles. The first-order chi connectivity index (χ1) is 11.4. The van der Waals surface area contributed by atoms with E-state index in [0.29, 0.717) is 39.9 Å². The van der Waals surface area contributed by atoms with Gasteiger partial charge in [0.1, 0.15) is 0 Å². The van der Waals surface area contributed by atoms with Gasteiger partial charge in [-0.3, -0.25) is 4.79 Å².